The van der Waals surface area contributed by atoms with Gasteiger partial charge in [0, 0.05) is 0 Å². The minimum atomic E-state index is 0.242. The highest BCUT2D eigenvalue weighted by Crippen LogP contribution is 2.28. The second kappa shape index (κ2) is 3.19. The average molecular weight is 202 g/mol. The molecule has 0 saturated carbocycles. The molecule has 0 aliphatic rings. The number of aryl methyl sites for hydroxylation is 4. The quantitative estimate of drug-likeness (QED) is 0.714. The summed E-state index contributed by atoms with van der Waals surface area (Å²) in [7, 11) is 0. The number of aromatic hydroxyl groups is 1. The molecule has 0 aliphatic heterocycles. The van der Waals surface area contributed by atoms with Crippen molar-refractivity contribution in [2.75, 3.05) is 0 Å². The zero-order valence-corrected chi connectivity index (χ0v) is 9.42. The summed E-state index contributed by atoms with van der Waals surface area (Å²) >= 11 is 0. The Kier molecular flexibility index (Phi) is 2.11. The molecule has 78 valence electrons. The summed E-state index contributed by atoms with van der Waals surface area (Å²) in [5.41, 5.74) is 5.07. The van der Waals surface area contributed by atoms with Crippen LogP contribution < -0.4 is 0 Å². The lowest BCUT2D eigenvalue weighted by Gasteiger charge is -2.08. The van der Waals surface area contributed by atoms with Crippen LogP contribution in [-0.2, 0) is 0 Å². The van der Waals surface area contributed by atoms with E-state index in [1.54, 1.807) is 0 Å². The number of hydrogen-bond acceptors (Lipinski definition) is 3. The van der Waals surface area contributed by atoms with Crippen molar-refractivity contribution >= 4 is 11.0 Å². The zero-order valence-electron chi connectivity index (χ0n) is 9.42. The van der Waals surface area contributed by atoms with Crippen LogP contribution in [0.3, 0.4) is 0 Å². The first-order valence-electron chi connectivity index (χ1n) is 4.95. The Balaban J connectivity index is 2.97. The first-order chi connectivity index (χ1) is 7.00. The van der Waals surface area contributed by atoms with Crippen LogP contribution in [0.15, 0.2) is 6.07 Å². The molecule has 0 bridgehead atoms. The van der Waals surface area contributed by atoms with Gasteiger partial charge in [-0.2, -0.15) is 0 Å². The molecular weight excluding hydrogens is 188 g/mol. The van der Waals surface area contributed by atoms with Crippen LogP contribution in [0.5, 0.6) is 5.75 Å². The Morgan fingerprint density at radius 3 is 2.00 bits per heavy atom. The second-order valence-electron chi connectivity index (χ2n) is 3.95. The van der Waals surface area contributed by atoms with E-state index in [0.717, 1.165) is 28.0 Å². The van der Waals surface area contributed by atoms with Crippen molar-refractivity contribution in [3.05, 3.63) is 28.6 Å². The normalized spacial score (nSPS) is 10.9. The van der Waals surface area contributed by atoms with Crippen molar-refractivity contribution < 1.29 is 5.11 Å². The van der Waals surface area contributed by atoms with Crippen molar-refractivity contribution in [2.45, 2.75) is 27.7 Å². The van der Waals surface area contributed by atoms with Crippen LogP contribution in [-0.4, -0.2) is 15.1 Å². The molecule has 3 nitrogen and oxygen atoms in total. The Hall–Kier alpha value is -1.64. The zero-order chi connectivity index (χ0) is 11.2. The summed E-state index contributed by atoms with van der Waals surface area (Å²) in [5.74, 6) is 0.242. The number of fused-ring (bicyclic) bond motifs is 1. The number of phenolic OH excluding ortho intramolecular Hbond substituents is 1. The molecule has 0 amide bonds. The van der Waals surface area contributed by atoms with E-state index in [4.69, 9.17) is 0 Å². The van der Waals surface area contributed by atoms with Crippen LogP contribution in [0, 0.1) is 27.7 Å². The van der Waals surface area contributed by atoms with Gasteiger partial charge in [-0.05, 0) is 38.8 Å². The fourth-order valence-corrected chi connectivity index (χ4v) is 1.69. The molecule has 1 heterocycles. The lowest BCUT2D eigenvalue weighted by Crippen LogP contribution is -1.96. The third-order valence-corrected chi connectivity index (χ3v) is 2.71. The maximum Gasteiger partial charge on any atom is 0.146 e. The maximum absolute atomic E-state index is 9.90. The van der Waals surface area contributed by atoms with Gasteiger partial charge in [0.15, 0.2) is 0 Å². The summed E-state index contributed by atoms with van der Waals surface area (Å²) in [6.07, 6.45) is 0. The minimum absolute atomic E-state index is 0.242. The van der Waals surface area contributed by atoms with Gasteiger partial charge in [-0.15, -0.1) is 0 Å². The van der Waals surface area contributed by atoms with Gasteiger partial charge in [0.25, 0.3) is 0 Å². The van der Waals surface area contributed by atoms with Crippen molar-refractivity contribution in [1.82, 2.24) is 9.97 Å². The highest BCUT2D eigenvalue weighted by molar-refractivity contribution is 5.85. The Labute approximate surface area is 88.8 Å². The van der Waals surface area contributed by atoms with Crippen molar-refractivity contribution in [2.24, 2.45) is 0 Å². The van der Waals surface area contributed by atoms with E-state index in [0.29, 0.717) is 5.52 Å². The van der Waals surface area contributed by atoms with Gasteiger partial charge in [-0.1, -0.05) is 6.07 Å². The lowest BCUT2D eigenvalue weighted by atomic mass is 10.1. The number of aromatic nitrogens is 2. The molecule has 1 aromatic heterocycles. The average Bonchev–Trinajstić information content (AvgIpc) is 2.18. The Bertz CT molecular complexity index is 547. The van der Waals surface area contributed by atoms with Crippen LogP contribution in [0.25, 0.3) is 11.0 Å². The third kappa shape index (κ3) is 1.44. The monoisotopic (exact) mass is 202 g/mol. The lowest BCUT2D eigenvalue weighted by molar-refractivity contribution is 0.476. The van der Waals surface area contributed by atoms with Crippen LogP contribution in [0.1, 0.15) is 22.5 Å². The molecule has 3 heteroatoms. The smallest absolute Gasteiger partial charge is 0.146 e. The standard InChI is InChI=1S/C12H14N2O/c1-6-5-7(2)12(15)11-10(6)13-8(3)9(4)14-11/h5,15H,1-4H3. The van der Waals surface area contributed by atoms with E-state index in [9.17, 15) is 5.11 Å². The number of hydrogen-bond donors (Lipinski definition) is 1. The predicted molar refractivity (Wildman–Crippen MR) is 60.2 cm³/mol. The van der Waals surface area contributed by atoms with Gasteiger partial charge in [-0.3, -0.25) is 0 Å². The molecule has 1 N–H and O–H groups in total. The molecule has 2 aromatic rings. The van der Waals surface area contributed by atoms with Crippen LogP contribution in [0.2, 0.25) is 0 Å². The van der Waals surface area contributed by atoms with Gasteiger partial charge in [0.05, 0.1) is 16.9 Å². The minimum Gasteiger partial charge on any atom is -0.505 e. The molecule has 2 rings (SSSR count). The van der Waals surface area contributed by atoms with Crippen LogP contribution in [0.4, 0.5) is 0 Å². The van der Waals surface area contributed by atoms with Gasteiger partial charge < -0.3 is 5.11 Å². The fraction of sp³-hybridized carbons (Fsp3) is 0.333. The van der Waals surface area contributed by atoms with Crippen molar-refractivity contribution in [3.63, 3.8) is 0 Å². The van der Waals surface area contributed by atoms with Crippen molar-refractivity contribution in [1.29, 1.82) is 0 Å². The third-order valence-electron chi connectivity index (χ3n) is 2.71. The molecule has 0 saturated heterocycles. The van der Waals surface area contributed by atoms with Crippen LogP contribution >= 0.6 is 0 Å². The number of benzene rings is 1. The highest BCUT2D eigenvalue weighted by Gasteiger charge is 2.10. The van der Waals surface area contributed by atoms with Gasteiger partial charge in [0.1, 0.15) is 11.3 Å². The van der Waals surface area contributed by atoms with E-state index in [1.165, 1.54) is 0 Å². The number of nitrogens with zero attached hydrogens (tertiary/aromatic N) is 2. The second-order valence-corrected chi connectivity index (χ2v) is 3.95. The summed E-state index contributed by atoms with van der Waals surface area (Å²) < 4.78 is 0. The first kappa shape index (κ1) is 9.90. The molecule has 15 heavy (non-hydrogen) atoms. The maximum atomic E-state index is 9.90. The summed E-state index contributed by atoms with van der Waals surface area (Å²) in [6.45, 7) is 7.69. The van der Waals surface area contributed by atoms with Crippen molar-refractivity contribution in [3.8, 4) is 5.75 Å². The predicted octanol–water partition coefficient (Wildman–Crippen LogP) is 2.57. The first-order valence-corrected chi connectivity index (χ1v) is 4.95. The topological polar surface area (TPSA) is 46.0 Å². The molecule has 0 aliphatic carbocycles. The Morgan fingerprint density at radius 1 is 0.867 bits per heavy atom. The molecular formula is C12H14N2O. The molecule has 1 aromatic carbocycles. The highest BCUT2D eigenvalue weighted by atomic mass is 16.3. The van der Waals surface area contributed by atoms with Gasteiger partial charge >= 0.3 is 0 Å². The number of phenols is 1. The van der Waals surface area contributed by atoms with E-state index in [1.807, 2.05) is 33.8 Å². The molecule has 0 radical (unpaired) electrons. The fourth-order valence-electron chi connectivity index (χ4n) is 1.69. The molecule has 0 unspecified atom stereocenters. The van der Waals surface area contributed by atoms with Gasteiger partial charge in [0.2, 0.25) is 0 Å². The molecule has 0 atom stereocenters. The summed E-state index contributed by atoms with van der Waals surface area (Å²) in [4.78, 5) is 8.84. The largest absolute Gasteiger partial charge is 0.505 e. The van der Waals surface area contributed by atoms with E-state index in [2.05, 4.69) is 9.97 Å². The summed E-state index contributed by atoms with van der Waals surface area (Å²) in [5, 5.41) is 9.90. The molecule has 0 spiro atoms. The van der Waals surface area contributed by atoms with E-state index < -0.39 is 0 Å². The SMILES string of the molecule is Cc1cc(C)c2nc(C)c(C)nc2c1O. The van der Waals surface area contributed by atoms with E-state index in [-0.39, 0.29) is 5.75 Å². The van der Waals surface area contributed by atoms with Gasteiger partial charge in [-0.25, -0.2) is 9.97 Å². The Morgan fingerprint density at radius 2 is 1.40 bits per heavy atom. The van der Waals surface area contributed by atoms with E-state index >= 15 is 0 Å². The number of rotatable bonds is 0. The summed E-state index contributed by atoms with van der Waals surface area (Å²) in [6, 6.07) is 1.93. The molecule has 0 fully saturated rings.